The van der Waals surface area contributed by atoms with Gasteiger partial charge in [-0.15, -0.1) is 11.3 Å². The summed E-state index contributed by atoms with van der Waals surface area (Å²) >= 11 is 4.84. The summed E-state index contributed by atoms with van der Waals surface area (Å²) in [5.41, 5.74) is 6.57. The van der Waals surface area contributed by atoms with Gasteiger partial charge in [-0.3, -0.25) is 4.79 Å². The maximum Gasteiger partial charge on any atom is 0.252 e. The molecule has 0 atom stereocenters. The molecule has 0 aliphatic heterocycles. The fourth-order valence-corrected chi connectivity index (χ4v) is 2.73. The van der Waals surface area contributed by atoms with Crippen molar-refractivity contribution >= 4 is 33.2 Å². The minimum atomic E-state index is -0.150. The Hall–Kier alpha value is -0.390. The third-order valence-corrected chi connectivity index (χ3v) is 4.28. The molecule has 1 aromatic heterocycles. The molecule has 0 bridgehead atoms. The van der Waals surface area contributed by atoms with Crippen LogP contribution >= 0.6 is 27.3 Å². The van der Waals surface area contributed by atoms with Crippen molar-refractivity contribution in [1.82, 2.24) is 5.32 Å². The molecule has 1 fully saturated rings. The van der Waals surface area contributed by atoms with E-state index < -0.39 is 0 Å². The van der Waals surface area contributed by atoms with Crippen LogP contribution in [-0.4, -0.2) is 18.0 Å². The zero-order chi connectivity index (χ0) is 10.9. The maximum absolute atomic E-state index is 11.7. The van der Waals surface area contributed by atoms with E-state index in [2.05, 4.69) is 21.2 Å². The van der Waals surface area contributed by atoms with Crippen molar-refractivity contribution < 1.29 is 4.79 Å². The second-order valence-electron chi connectivity index (χ2n) is 4.04. The van der Waals surface area contributed by atoms with Crippen LogP contribution in [0.2, 0.25) is 0 Å². The minimum absolute atomic E-state index is 0.0336. The van der Waals surface area contributed by atoms with Crippen molar-refractivity contribution in [2.45, 2.75) is 24.8 Å². The molecule has 5 heteroatoms. The van der Waals surface area contributed by atoms with Gasteiger partial charge in [0.25, 0.3) is 5.91 Å². The van der Waals surface area contributed by atoms with Gasteiger partial charge in [-0.2, -0.15) is 0 Å². The van der Waals surface area contributed by atoms with Crippen LogP contribution in [0.25, 0.3) is 0 Å². The number of amides is 1. The lowest BCUT2D eigenvalue weighted by Gasteiger charge is -2.38. The first-order chi connectivity index (χ1) is 7.09. The zero-order valence-electron chi connectivity index (χ0n) is 8.25. The number of hydrogen-bond donors (Lipinski definition) is 2. The largest absolute Gasteiger partial charge is 0.350 e. The Morgan fingerprint density at radius 1 is 1.67 bits per heavy atom. The van der Waals surface area contributed by atoms with Gasteiger partial charge in [0, 0.05) is 17.5 Å². The van der Waals surface area contributed by atoms with Crippen molar-refractivity contribution in [2.24, 2.45) is 5.73 Å². The zero-order valence-corrected chi connectivity index (χ0v) is 10.7. The number of carbonyl (C=O) groups excluding carboxylic acids is 1. The third kappa shape index (κ3) is 2.59. The summed E-state index contributed by atoms with van der Waals surface area (Å²) in [6, 6.07) is 1.82. The van der Waals surface area contributed by atoms with Gasteiger partial charge in [-0.1, -0.05) is 0 Å². The maximum atomic E-state index is 11.7. The molecule has 0 saturated heterocycles. The van der Waals surface area contributed by atoms with Gasteiger partial charge in [0.2, 0.25) is 0 Å². The van der Waals surface area contributed by atoms with E-state index in [4.69, 9.17) is 5.73 Å². The SMILES string of the molecule is NC1(CNC(=O)c2csc(Br)c2)CCC1. The fraction of sp³-hybridized carbons (Fsp3) is 0.500. The summed E-state index contributed by atoms with van der Waals surface area (Å²) < 4.78 is 0.971. The van der Waals surface area contributed by atoms with Crippen molar-refractivity contribution in [3.63, 3.8) is 0 Å². The number of nitrogens with one attached hydrogen (secondary N) is 1. The Bertz CT molecular complexity index is 373. The van der Waals surface area contributed by atoms with E-state index in [1.54, 1.807) is 0 Å². The van der Waals surface area contributed by atoms with Crippen LogP contribution in [0.1, 0.15) is 29.6 Å². The Labute approximate surface area is 101 Å². The summed E-state index contributed by atoms with van der Waals surface area (Å²) in [7, 11) is 0. The molecule has 0 radical (unpaired) electrons. The van der Waals surface area contributed by atoms with Crippen LogP contribution < -0.4 is 11.1 Å². The topological polar surface area (TPSA) is 55.1 Å². The van der Waals surface area contributed by atoms with E-state index in [9.17, 15) is 4.79 Å². The van der Waals surface area contributed by atoms with Gasteiger partial charge in [-0.05, 0) is 41.3 Å². The summed E-state index contributed by atoms with van der Waals surface area (Å²) in [5, 5.41) is 4.71. The summed E-state index contributed by atoms with van der Waals surface area (Å²) in [4.78, 5) is 11.7. The van der Waals surface area contributed by atoms with Crippen molar-refractivity contribution in [1.29, 1.82) is 0 Å². The lowest BCUT2D eigenvalue weighted by atomic mass is 9.78. The quantitative estimate of drug-likeness (QED) is 0.895. The molecule has 3 N–H and O–H groups in total. The monoisotopic (exact) mass is 288 g/mol. The van der Waals surface area contributed by atoms with Gasteiger partial charge in [0.1, 0.15) is 0 Å². The van der Waals surface area contributed by atoms with Crippen LogP contribution in [0.15, 0.2) is 15.2 Å². The van der Waals surface area contributed by atoms with E-state index in [0.29, 0.717) is 12.1 Å². The molecule has 1 heterocycles. The van der Waals surface area contributed by atoms with Gasteiger partial charge in [-0.25, -0.2) is 0 Å². The van der Waals surface area contributed by atoms with Crippen molar-refractivity contribution in [3.8, 4) is 0 Å². The van der Waals surface area contributed by atoms with Gasteiger partial charge < -0.3 is 11.1 Å². The van der Waals surface area contributed by atoms with Gasteiger partial charge >= 0.3 is 0 Å². The van der Waals surface area contributed by atoms with E-state index in [1.165, 1.54) is 17.8 Å². The molecule has 1 amide bonds. The highest BCUT2D eigenvalue weighted by Crippen LogP contribution is 2.28. The molecule has 15 heavy (non-hydrogen) atoms. The lowest BCUT2D eigenvalue weighted by molar-refractivity contribution is 0.0930. The average Bonchev–Trinajstić information content (AvgIpc) is 2.58. The average molecular weight is 289 g/mol. The molecule has 1 saturated carbocycles. The lowest BCUT2D eigenvalue weighted by Crippen LogP contribution is -2.54. The van der Waals surface area contributed by atoms with Crippen molar-refractivity contribution in [3.05, 3.63) is 20.8 Å². The number of halogens is 1. The van der Waals surface area contributed by atoms with Crippen LogP contribution in [0.4, 0.5) is 0 Å². The van der Waals surface area contributed by atoms with Gasteiger partial charge in [0.15, 0.2) is 0 Å². The Balaban J connectivity index is 1.87. The number of nitrogens with two attached hydrogens (primary N) is 1. The number of carbonyl (C=O) groups is 1. The number of hydrogen-bond acceptors (Lipinski definition) is 3. The van der Waals surface area contributed by atoms with Crippen molar-refractivity contribution in [2.75, 3.05) is 6.54 Å². The molecule has 0 spiro atoms. The van der Waals surface area contributed by atoms with Crippen LogP contribution in [0, 0.1) is 0 Å². The number of rotatable bonds is 3. The molecule has 0 aromatic carbocycles. The predicted molar refractivity (Wildman–Crippen MR) is 65.1 cm³/mol. The molecular weight excluding hydrogens is 276 g/mol. The smallest absolute Gasteiger partial charge is 0.252 e. The Morgan fingerprint density at radius 3 is 2.87 bits per heavy atom. The molecule has 2 rings (SSSR count). The molecule has 1 aliphatic rings. The van der Waals surface area contributed by atoms with Crippen LogP contribution in [0.3, 0.4) is 0 Å². The summed E-state index contributed by atoms with van der Waals surface area (Å²) in [5.74, 6) is -0.0336. The standard InChI is InChI=1S/C10H13BrN2OS/c11-8-4-7(5-15-8)9(14)13-6-10(12)2-1-3-10/h4-5H,1-3,6,12H2,(H,13,14). The molecule has 82 valence electrons. The molecule has 0 unspecified atom stereocenters. The molecule has 1 aliphatic carbocycles. The van der Waals surface area contributed by atoms with E-state index in [-0.39, 0.29) is 11.4 Å². The molecule has 3 nitrogen and oxygen atoms in total. The van der Waals surface area contributed by atoms with E-state index in [0.717, 1.165) is 16.6 Å². The first-order valence-corrected chi connectivity index (χ1v) is 6.57. The van der Waals surface area contributed by atoms with Crippen LogP contribution in [0.5, 0.6) is 0 Å². The fourth-order valence-electron chi connectivity index (χ4n) is 1.60. The highest BCUT2D eigenvalue weighted by Gasteiger charge is 2.32. The molecule has 1 aromatic rings. The van der Waals surface area contributed by atoms with E-state index in [1.807, 2.05) is 11.4 Å². The molecular formula is C10H13BrN2OS. The summed E-state index contributed by atoms with van der Waals surface area (Å²) in [6.07, 6.45) is 3.21. The summed E-state index contributed by atoms with van der Waals surface area (Å²) in [6.45, 7) is 0.583. The Morgan fingerprint density at radius 2 is 2.40 bits per heavy atom. The number of thiophene rings is 1. The first-order valence-electron chi connectivity index (χ1n) is 4.90. The Kier molecular flexibility index (Phi) is 3.13. The third-order valence-electron chi connectivity index (χ3n) is 2.78. The second kappa shape index (κ2) is 4.23. The second-order valence-corrected chi connectivity index (χ2v) is 6.33. The highest BCUT2D eigenvalue weighted by atomic mass is 79.9. The van der Waals surface area contributed by atoms with Crippen LogP contribution in [-0.2, 0) is 0 Å². The normalized spacial score (nSPS) is 18.3. The minimum Gasteiger partial charge on any atom is -0.350 e. The highest BCUT2D eigenvalue weighted by molar-refractivity contribution is 9.11. The van der Waals surface area contributed by atoms with Gasteiger partial charge in [0.05, 0.1) is 9.35 Å². The first kappa shape index (κ1) is 11.1. The predicted octanol–water partition coefficient (Wildman–Crippen LogP) is 2.12. The van der Waals surface area contributed by atoms with E-state index >= 15 is 0 Å².